The Kier molecular flexibility index (Phi) is 5.93. The molecule has 27 heavy (non-hydrogen) atoms. The van der Waals surface area contributed by atoms with E-state index in [1.807, 2.05) is 6.92 Å². The third-order valence-corrected chi connectivity index (χ3v) is 7.09. The minimum atomic E-state index is -3.69. The Labute approximate surface area is 160 Å². The third kappa shape index (κ3) is 4.20. The van der Waals surface area contributed by atoms with Crippen molar-refractivity contribution in [3.63, 3.8) is 0 Å². The van der Waals surface area contributed by atoms with Gasteiger partial charge in [0.15, 0.2) is 0 Å². The molecule has 0 aromatic heterocycles. The monoisotopic (exact) mass is 386 g/mol. The highest BCUT2D eigenvalue weighted by atomic mass is 32.2. The van der Waals surface area contributed by atoms with Crippen molar-refractivity contribution in [1.29, 1.82) is 5.26 Å². The maximum atomic E-state index is 13.4. The Bertz CT molecular complexity index is 918. The molecule has 142 valence electrons. The van der Waals surface area contributed by atoms with Crippen molar-refractivity contribution in [3.8, 4) is 6.07 Å². The first-order valence-electron chi connectivity index (χ1n) is 9.16. The molecule has 1 aliphatic heterocycles. The first kappa shape index (κ1) is 19.5. The second-order valence-electron chi connectivity index (χ2n) is 7.00. The highest BCUT2D eigenvalue weighted by Gasteiger charge is 2.42. The number of hydrogen-bond acceptors (Lipinski definition) is 3. The van der Waals surface area contributed by atoms with E-state index >= 15 is 0 Å². The third-order valence-electron chi connectivity index (χ3n) is 5.12. The van der Waals surface area contributed by atoms with Crippen LogP contribution >= 0.6 is 0 Å². The maximum Gasteiger partial charge on any atom is 0.243 e. The van der Waals surface area contributed by atoms with Gasteiger partial charge in [0.2, 0.25) is 10.0 Å². The number of nitriles is 1. The number of sulfonamides is 1. The van der Waals surface area contributed by atoms with Crippen LogP contribution in [0.5, 0.6) is 0 Å². The molecule has 2 atom stereocenters. The fourth-order valence-corrected chi connectivity index (χ4v) is 5.63. The van der Waals surface area contributed by atoms with Crippen molar-refractivity contribution >= 4 is 10.0 Å². The quantitative estimate of drug-likeness (QED) is 0.675. The number of aryl methyl sites for hydroxylation is 1. The molecule has 2 unspecified atom stereocenters. The summed E-state index contributed by atoms with van der Waals surface area (Å²) in [5, 5.41) is 8.81. The van der Waals surface area contributed by atoms with Crippen LogP contribution in [0, 0.1) is 24.1 Å². The van der Waals surface area contributed by atoms with Crippen molar-refractivity contribution in [2.45, 2.75) is 56.0 Å². The number of nitrogens with zero attached hydrogens (tertiary/aromatic N) is 2. The summed E-state index contributed by atoms with van der Waals surface area (Å²) in [6.45, 7) is 1.91. The molecule has 0 amide bonds. The van der Waals surface area contributed by atoms with Gasteiger partial charge in [0.1, 0.15) is 5.82 Å². The van der Waals surface area contributed by atoms with E-state index in [1.165, 1.54) is 12.1 Å². The van der Waals surface area contributed by atoms with Crippen molar-refractivity contribution in [1.82, 2.24) is 4.31 Å². The van der Waals surface area contributed by atoms with Gasteiger partial charge in [-0.3, -0.25) is 0 Å². The Morgan fingerprint density at radius 2 is 1.78 bits per heavy atom. The van der Waals surface area contributed by atoms with Crippen LogP contribution in [0.15, 0.2) is 53.4 Å². The van der Waals surface area contributed by atoms with Gasteiger partial charge in [-0.25, -0.2) is 12.8 Å². The lowest BCUT2D eigenvalue weighted by Gasteiger charge is -2.30. The summed E-state index contributed by atoms with van der Waals surface area (Å²) in [5.74, 6) is -0.338. The van der Waals surface area contributed by atoms with Crippen LogP contribution in [-0.2, 0) is 10.0 Å². The molecule has 2 aromatic carbocycles. The molecule has 0 spiro atoms. The molecule has 0 saturated carbocycles. The standard InChI is InChI=1S/C21H23FN2O2S/c1-16-5-12-20(13-6-16)27(25,26)24-19(4-2-3-15-23)11-14-21(24)17-7-9-18(22)10-8-17/h5-10,12-13,19,21H,2-4,11,14H2,1H3. The molecule has 1 aliphatic rings. The molecule has 4 nitrogen and oxygen atoms in total. The Morgan fingerprint density at radius 1 is 1.11 bits per heavy atom. The fraction of sp³-hybridized carbons (Fsp3) is 0.381. The Balaban J connectivity index is 1.97. The van der Waals surface area contributed by atoms with Gasteiger partial charge in [0.05, 0.1) is 17.0 Å². The van der Waals surface area contributed by atoms with Gasteiger partial charge in [-0.1, -0.05) is 29.8 Å². The summed E-state index contributed by atoms with van der Waals surface area (Å²) in [6, 6.07) is 14.6. The Hall–Kier alpha value is -2.23. The van der Waals surface area contributed by atoms with E-state index in [0.29, 0.717) is 25.7 Å². The van der Waals surface area contributed by atoms with E-state index < -0.39 is 10.0 Å². The molecule has 2 aromatic rings. The molecule has 1 heterocycles. The lowest BCUT2D eigenvalue weighted by atomic mass is 10.0. The normalized spacial score (nSPS) is 20.5. The molecular weight excluding hydrogens is 363 g/mol. The molecule has 1 fully saturated rings. The van der Waals surface area contributed by atoms with Crippen LogP contribution in [0.1, 0.15) is 49.3 Å². The molecule has 6 heteroatoms. The summed E-state index contributed by atoms with van der Waals surface area (Å²) >= 11 is 0. The second kappa shape index (κ2) is 8.20. The van der Waals surface area contributed by atoms with Gasteiger partial charge in [0, 0.05) is 12.5 Å². The average molecular weight is 386 g/mol. The largest absolute Gasteiger partial charge is 0.243 e. The van der Waals surface area contributed by atoms with Gasteiger partial charge in [-0.15, -0.1) is 0 Å². The highest BCUT2D eigenvalue weighted by molar-refractivity contribution is 7.89. The van der Waals surface area contributed by atoms with Crippen molar-refractivity contribution < 1.29 is 12.8 Å². The van der Waals surface area contributed by atoms with Crippen LogP contribution in [0.4, 0.5) is 4.39 Å². The lowest BCUT2D eigenvalue weighted by molar-refractivity contribution is 0.310. The average Bonchev–Trinajstić information content (AvgIpc) is 3.08. The molecule has 1 saturated heterocycles. The smallest absolute Gasteiger partial charge is 0.207 e. The minimum Gasteiger partial charge on any atom is -0.207 e. The first-order valence-corrected chi connectivity index (χ1v) is 10.6. The summed E-state index contributed by atoms with van der Waals surface area (Å²) in [5.41, 5.74) is 1.80. The zero-order valence-electron chi connectivity index (χ0n) is 15.3. The summed E-state index contributed by atoms with van der Waals surface area (Å²) in [6.07, 6.45) is 3.15. The predicted octanol–water partition coefficient (Wildman–Crippen LogP) is 4.72. The maximum absolute atomic E-state index is 13.4. The van der Waals surface area contributed by atoms with E-state index in [0.717, 1.165) is 17.5 Å². The van der Waals surface area contributed by atoms with Crippen LogP contribution in [0.2, 0.25) is 0 Å². The summed E-state index contributed by atoms with van der Waals surface area (Å²) in [4.78, 5) is 0.271. The number of unbranched alkanes of at least 4 members (excludes halogenated alkanes) is 1. The molecule has 3 rings (SSSR count). The molecule has 0 N–H and O–H groups in total. The summed E-state index contributed by atoms with van der Waals surface area (Å²) < 4.78 is 41.8. The van der Waals surface area contributed by atoms with Gasteiger partial charge < -0.3 is 0 Å². The van der Waals surface area contributed by atoms with E-state index in [1.54, 1.807) is 40.7 Å². The number of benzene rings is 2. The van der Waals surface area contributed by atoms with Gasteiger partial charge in [-0.05, 0) is 62.4 Å². The lowest BCUT2D eigenvalue weighted by Crippen LogP contribution is -2.37. The van der Waals surface area contributed by atoms with Crippen molar-refractivity contribution in [2.24, 2.45) is 0 Å². The minimum absolute atomic E-state index is 0.153. The SMILES string of the molecule is Cc1ccc(S(=O)(=O)N2C(CCCC#N)CCC2c2ccc(F)cc2)cc1. The van der Waals surface area contributed by atoms with E-state index in [9.17, 15) is 12.8 Å². The zero-order valence-corrected chi connectivity index (χ0v) is 16.1. The van der Waals surface area contributed by atoms with E-state index in [2.05, 4.69) is 6.07 Å². The number of halogens is 1. The van der Waals surface area contributed by atoms with Crippen LogP contribution in [0.25, 0.3) is 0 Å². The van der Waals surface area contributed by atoms with Gasteiger partial charge >= 0.3 is 0 Å². The number of rotatable bonds is 6. The van der Waals surface area contributed by atoms with Crippen LogP contribution in [-0.4, -0.2) is 18.8 Å². The molecule has 0 bridgehead atoms. The highest BCUT2D eigenvalue weighted by Crippen LogP contribution is 2.42. The fourth-order valence-electron chi connectivity index (χ4n) is 3.74. The summed E-state index contributed by atoms with van der Waals surface area (Å²) in [7, 11) is -3.69. The topological polar surface area (TPSA) is 61.2 Å². The molecule has 0 radical (unpaired) electrons. The van der Waals surface area contributed by atoms with Gasteiger partial charge in [-0.2, -0.15) is 9.57 Å². The van der Waals surface area contributed by atoms with E-state index in [4.69, 9.17) is 5.26 Å². The van der Waals surface area contributed by atoms with Crippen LogP contribution in [0.3, 0.4) is 0 Å². The van der Waals surface area contributed by atoms with E-state index in [-0.39, 0.29) is 22.8 Å². The molecule has 0 aliphatic carbocycles. The van der Waals surface area contributed by atoms with Crippen LogP contribution < -0.4 is 0 Å². The zero-order chi connectivity index (χ0) is 19.4. The molecular formula is C21H23FN2O2S. The second-order valence-corrected chi connectivity index (χ2v) is 8.84. The number of hydrogen-bond donors (Lipinski definition) is 0. The van der Waals surface area contributed by atoms with Crippen molar-refractivity contribution in [3.05, 3.63) is 65.5 Å². The first-order chi connectivity index (χ1) is 12.9. The van der Waals surface area contributed by atoms with Crippen molar-refractivity contribution in [2.75, 3.05) is 0 Å². The Morgan fingerprint density at radius 3 is 2.41 bits per heavy atom. The van der Waals surface area contributed by atoms with Gasteiger partial charge in [0.25, 0.3) is 0 Å². The predicted molar refractivity (Wildman–Crippen MR) is 102 cm³/mol.